The van der Waals surface area contributed by atoms with Crippen molar-refractivity contribution < 1.29 is 19.1 Å². The number of para-hydroxylation sites is 1. The maximum Gasteiger partial charge on any atom is 0.305 e. The zero-order valence-electron chi connectivity index (χ0n) is 8.92. The van der Waals surface area contributed by atoms with Crippen LogP contribution in [0.4, 0.5) is 0 Å². The van der Waals surface area contributed by atoms with Crippen molar-refractivity contribution in [2.75, 3.05) is 0 Å². The highest BCUT2D eigenvalue weighted by Gasteiger charge is 2.19. The van der Waals surface area contributed by atoms with Crippen molar-refractivity contribution >= 4 is 23.3 Å². The second-order valence-corrected chi connectivity index (χ2v) is 3.62. The van der Waals surface area contributed by atoms with E-state index in [-0.39, 0.29) is 6.42 Å². The van der Waals surface area contributed by atoms with E-state index in [9.17, 15) is 9.59 Å². The van der Waals surface area contributed by atoms with E-state index in [1.165, 1.54) is 6.26 Å². The molecule has 1 aromatic carbocycles. The van der Waals surface area contributed by atoms with Gasteiger partial charge in [-0.1, -0.05) is 18.2 Å². The highest BCUT2D eigenvalue weighted by molar-refractivity contribution is 5.82. The largest absolute Gasteiger partial charge is 0.481 e. The molecule has 0 aliphatic heterocycles. The fraction of sp³-hybridized carbons (Fsp3) is 0.167. The van der Waals surface area contributed by atoms with Crippen molar-refractivity contribution in [2.45, 2.75) is 12.5 Å². The first-order valence-corrected chi connectivity index (χ1v) is 5.10. The minimum atomic E-state index is -0.977. The Bertz CT molecular complexity index is 546. The Labute approximate surface area is 97.0 Å². The van der Waals surface area contributed by atoms with E-state index in [4.69, 9.17) is 9.52 Å². The Kier molecular flexibility index (Phi) is 3.09. The van der Waals surface area contributed by atoms with E-state index in [1.54, 1.807) is 6.07 Å². The Hall–Kier alpha value is -2.30. The highest BCUT2D eigenvalue weighted by atomic mass is 16.4. The van der Waals surface area contributed by atoms with Crippen LogP contribution in [0.25, 0.3) is 11.0 Å². The first kappa shape index (κ1) is 11.2. The molecule has 0 saturated carbocycles. The van der Waals surface area contributed by atoms with Crippen molar-refractivity contribution in [2.24, 2.45) is 0 Å². The van der Waals surface area contributed by atoms with E-state index in [0.717, 1.165) is 5.39 Å². The molecule has 1 aromatic heterocycles. The number of nitrogens with one attached hydrogen (secondary N) is 1. The summed E-state index contributed by atoms with van der Waals surface area (Å²) in [5, 5.41) is 12.1. The summed E-state index contributed by atoms with van der Waals surface area (Å²) in [6.45, 7) is 0. The lowest BCUT2D eigenvalue weighted by Gasteiger charge is -2.11. The molecule has 17 heavy (non-hydrogen) atoms. The Balaban J connectivity index is 2.40. The van der Waals surface area contributed by atoms with Gasteiger partial charge >= 0.3 is 5.97 Å². The van der Waals surface area contributed by atoms with Crippen LogP contribution in [-0.4, -0.2) is 17.5 Å². The molecule has 1 atom stereocenters. The summed E-state index contributed by atoms with van der Waals surface area (Å²) < 4.78 is 5.31. The van der Waals surface area contributed by atoms with Gasteiger partial charge in [-0.05, 0) is 6.07 Å². The molecule has 5 heteroatoms. The molecule has 5 nitrogen and oxygen atoms in total. The summed E-state index contributed by atoms with van der Waals surface area (Å²) in [6.07, 6.45) is 1.80. The van der Waals surface area contributed by atoms with Gasteiger partial charge in [0.05, 0.1) is 18.7 Å². The minimum Gasteiger partial charge on any atom is -0.481 e. The monoisotopic (exact) mass is 233 g/mol. The SMILES string of the molecule is O=CNC(CC(=O)O)c1coc2ccccc12. The van der Waals surface area contributed by atoms with Gasteiger partial charge < -0.3 is 14.8 Å². The van der Waals surface area contributed by atoms with Gasteiger partial charge in [-0.2, -0.15) is 0 Å². The first-order valence-electron chi connectivity index (χ1n) is 5.10. The number of fused-ring (bicyclic) bond motifs is 1. The number of benzene rings is 1. The molecule has 0 bridgehead atoms. The average molecular weight is 233 g/mol. The summed E-state index contributed by atoms with van der Waals surface area (Å²) in [6, 6.07) is 6.70. The van der Waals surface area contributed by atoms with Crippen molar-refractivity contribution in [1.82, 2.24) is 5.32 Å². The van der Waals surface area contributed by atoms with E-state index in [0.29, 0.717) is 17.6 Å². The van der Waals surface area contributed by atoms with Crippen molar-refractivity contribution in [1.29, 1.82) is 0 Å². The van der Waals surface area contributed by atoms with Crippen LogP contribution in [0.2, 0.25) is 0 Å². The topological polar surface area (TPSA) is 79.5 Å². The molecule has 0 aliphatic rings. The second-order valence-electron chi connectivity index (χ2n) is 3.62. The standard InChI is InChI=1S/C12H11NO4/c14-7-13-10(5-12(15)16)9-6-17-11-4-2-1-3-8(9)11/h1-4,6-7,10H,5H2,(H,13,14)(H,15,16). The number of amides is 1. The number of carbonyl (C=O) groups excluding carboxylic acids is 1. The van der Waals surface area contributed by atoms with Crippen LogP contribution in [0.15, 0.2) is 34.9 Å². The zero-order valence-corrected chi connectivity index (χ0v) is 8.92. The molecule has 1 unspecified atom stereocenters. The third-order valence-corrected chi connectivity index (χ3v) is 2.53. The van der Waals surface area contributed by atoms with Crippen molar-refractivity contribution in [3.63, 3.8) is 0 Å². The molecule has 2 aromatic rings. The van der Waals surface area contributed by atoms with Crippen LogP contribution >= 0.6 is 0 Å². The van der Waals surface area contributed by atoms with Gasteiger partial charge in [0.25, 0.3) is 0 Å². The normalized spacial score (nSPS) is 12.2. The quantitative estimate of drug-likeness (QED) is 0.770. The minimum absolute atomic E-state index is 0.178. The molecule has 0 spiro atoms. The molecular weight excluding hydrogens is 222 g/mol. The zero-order chi connectivity index (χ0) is 12.3. The predicted molar refractivity (Wildman–Crippen MR) is 60.4 cm³/mol. The van der Waals surface area contributed by atoms with Crippen LogP contribution in [-0.2, 0) is 9.59 Å². The first-order chi connectivity index (χ1) is 8.22. The summed E-state index contributed by atoms with van der Waals surface area (Å²) >= 11 is 0. The number of aliphatic carboxylic acids is 1. The van der Waals surface area contributed by atoms with Gasteiger partial charge in [-0.3, -0.25) is 9.59 Å². The third kappa shape index (κ3) is 2.28. The molecule has 0 saturated heterocycles. The molecule has 1 amide bonds. The molecule has 0 radical (unpaired) electrons. The van der Waals surface area contributed by atoms with Crippen LogP contribution < -0.4 is 5.32 Å². The number of furan rings is 1. The predicted octanol–water partition coefficient (Wildman–Crippen LogP) is 1.69. The Morgan fingerprint density at radius 1 is 1.47 bits per heavy atom. The number of carboxylic acids is 1. The third-order valence-electron chi connectivity index (χ3n) is 2.53. The van der Waals surface area contributed by atoms with E-state index in [2.05, 4.69) is 5.32 Å². The van der Waals surface area contributed by atoms with E-state index in [1.807, 2.05) is 18.2 Å². The van der Waals surface area contributed by atoms with Gasteiger partial charge in [-0.15, -0.1) is 0 Å². The van der Waals surface area contributed by atoms with Gasteiger partial charge in [0.1, 0.15) is 5.58 Å². The molecule has 88 valence electrons. The summed E-state index contributed by atoms with van der Waals surface area (Å²) in [5.41, 5.74) is 1.35. The number of carboxylic acid groups (broad SMARTS) is 1. The van der Waals surface area contributed by atoms with E-state index >= 15 is 0 Å². The lowest BCUT2D eigenvalue weighted by molar-refractivity contribution is -0.137. The van der Waals surface area contributed by atoms with Crippen molar-refractivity contribution in [3.05, 3.63) is 36.1 Å². The smallest absolute Gasteiger partial charge is 0.305 e. The summed E-state index contributed by atoms with van der Waals surface area (Å²) in [5.74, 6) is -0.977. The van der Waals surface area contributed by atoms with Gasteiger partial charge in [0, 0.05) is 10.9 Å². The lowest BCUT2D eigenvalue weighted by Crippen LogP contribution is -2.22. The van der Waals surface area contributed by atoms with Crippen LogP contribution in [0.3, 0.4) is 0 Å². The number of rotatable bonds is 5. The molecule has 0 aliphatic carbocycles. The fourth-order valence-electron chi connectivity index (χ4n) is 1.78. The maximum absolute atomic E-state index is 10.7. The van der Waals surface area contributed by atoms with E-state index < -0.39 is 12.0 Å². The number of carbonyl (C=O) groups is 2. The van der Waals surface area contributed by atoms with Crippen LogP contribution in [0.1, 0.15) is 18.0 Å². The lowest BCUT2D eigenvalue weighted by atomic mass is 10.0. The average Bonchev–Trinajstić information content (AvgIpc) is 2.71. The fourth-order valence-corrected chi connectivity index (χ4v) is 1.78. The Morgan fingerprint density at radius 3 is 2.94 bits per heavy atom. The van der Waals surface area contributed by atoms with Gasteiger partial charge in [-0.25, -0.2) is 0 Å². The van der Waals surface area contributed by atoms with Crippen LogP contribution in [0, 0.1) is 0 Å². The number of hydrogen-bond acceptors (Lipinski definition) is 3. The van der Waals surface area contributed by atoms with Crippen molar-refractivity contribution in [3.8, 4) is 0 Å². The summed E-state index contributed by atoms with van der Waals surface area (Å²) in [4.78, 5) is 21.2. The maximum atomic E-state index is 10.7. The molecule has 1 heterocycles. The molecule has 0 fully saturated rings. The molecular formula is C12H11NO4. The second kappa shape index (κ2) is 4.69. The summed E-state index contributed by atoms with van der Waals surface area (Å²) in [7, 11) is 0. The highest BCUT2D eigenvalue weighted by Crippen LogP contribution is 2.27. The van der Waals surface area contributed by atoms with Gasteiger partial charge in [0.15, 0.2) is 0 Å². The molecule has 2 rings (SSSR count). The number of hydrogen-bond donors (Lipinski definition) is 2. The van der Waals surface area contributed by atoms with Gasteiger partial charge in [0.2, 0.25) is 6.41 Å². The Morgan fingerprint density at radius 2 is 2.24 bits per heavy atom. The van der Waals surface area contributed by atoms with Crippen LogP contribution in [0.5, 0.6) is 0 Å². The molecule has 2 N–H and O–H groups in total.